The summed E-state index contributed by atoms with van der Waals surface area (Å²) in [4.78, 5) is 25.5. The highest BCUT2D eigenvalue weighted by Gasteiger charge is 2.37. The van der Waals surface area contributed by atoms with Crippen molar-refractivity contribution in [2.75, 3.05) is 11.1 Å². The van der Waals surface area contributed by atoms with Crippen LogP contribution in [0.25, 0.3) is 0 Å². The van der Waals surface area contributed by atoms with Crippen molar-refractivity contribution in [3.63, 3.8) is 0 Å². The Morgan fingerprint density at radius 2 is 1.97 bits per heavy atom. The molecule has 33 heavy (non-hydrogen) atoms. The molecule has 1 aliphatic carbocycles. The van der Waals surface area contributed by atoms with E-state index in [-0.39, 0.29) is 17.4 Å². The van der Waals surface area contributed by atoms with Gasteiger partial charge in [0.1, 0.15) is 0 Å². The quantitative estimate of drug-likeness (QED) is 0.572. The number of amides is 1. The lowest BCUT2D eigenvalue weighted by Gasteiger charge is -2.33. The minimum Gasteiger partial charge on any atom is -0.352 e. The highest BCUT2D eigenvalue weighted by atomic mass is 35.5. The second-order valence-electron chi connectivity index (χ2n) is 8.29. The number of halogens is 1. The Morgan fingerprint density at radius 3 is 2.70 bits per heavy atom. The number of nitriles is 1. The number of carbonyl (C=O) groups excluding carboxylic acids is 2. The Kier molecular flexibility index (Phi) is 6.92. The van der Waals surface area contributed by atoms with Gasteiger partial charge in [0.2, 0.25) is 5.91 Å². The van der Waals surface area contributed by atoms with Crippen LogP contribution in [0.2, 0.25) is 5.02 Å². The van der Waals surface area contributed by atoms with Crippen LogP contribution in [0, 0.1) is 25.2 Å². The zero-order chi connectivity index (χ0) is 23.5. The molecule has 0 fully saturated rings. The first kappa shape index (κ1) is 23.2. The predicted octanol–water partition coefficient (Wildman–Crippen LogP) is 5.76. The van der Waals surface area contributed by atoms with Crippen LogP contribution in [-0.4, -0.2) is 17.4 Å². The predicted molar refractivity (Wildman–Crippen MR) is 133 cm³/mol. The average Bonchev–Trinajstić information content (AvgIpc) is 2.80. The number of aryl methyl sites for hydroxylation is 2. The Hall–Kier alpha value is -3.01. The van der Waals surface area contributed by atoms with Crippen molar-refractivity contribution in [3.8, 4) is 6.07 Å². The van der Waals surface area contributed by atoms with Crippen LogP contribution in [0.5, 0.6) is 0 Å². The van der Waals surface area contributed by atoms with Crippen molar-refractivity contribution < 1.29 is 9.59 Å². The van der Waals surface area contributed by atoms with Gasteiger partial charge in [0, 0.05) is 28.4 Å². The van der Waals surface area contributed by atoms with Gasteiger partial charge in [-0.1, -0.05) is 47.6 Å². The molecular weight excluding hydrogens is 454 g/mol. The van der Waals surface area contributed by atoms with Crippen LogP contribution in [0.15, 0.2) is 64.3 Å². The fourth-order valence-electron chi connectivity index (χ4n) is 4.22. The molecule has 0 radical (unpaired) electrons. The SMILES string of the molecule is Cc1ccc(C)c(NC(=O)CSC2=C(C#N)C(c3ccc(Cl)cc3)C3=C(CCCC3=O)N2)c1. The number of hydrogen-bond acceptors (Lipinski definition) is 5. The summed E-state index contributed by atoms with van der Waals surface area (Å²) in [7, 11) is 0. The van der Waals surface area contributed by atoms with Crippen LogP contribution >= 0.6 is 23.4 Å². The number of nitrogens with one attached hydrogen (secondary N) is 2. The van der Waals surface area contributed by atoms with E-state index in [9.17, 15) is 14.9 Å². The first-order chi connectivity index (χ1) is 15.9. The summed E-state index contributed by atoms with van der Waals surface area (Å²) >= 11 is 7.36. The van der Waals surface area contributed by atoms with Crippen molar-refractivity contribution in [1.82, 2.24) is 5.32 Å². The molecule has 1 aliphatic heterocycles. The maximum atomic E-state index is 12.8. The molecule has 0 saturated heterocycles. The Labute approximate surface area is 202 Å². The van der Waals surface area contributed by atoms with Crippen LogP contribution in [0.4, 0.5) is 5.69 Å². The molecule has 5 nitrogen and oxygen atoms in total. The Morgan fingerprint density at radius 1 is 1.21 bits per heavy atom. The highest BCUT2D eigenvalue weighted by molar-refractivity contribution is 8.03. The van der Waals surface area contributed by atoms with Crippen molar-refractivity contribution in [1.29, 1.82) is 5.26 Å². The molecule has 2 aromatic carbocycles. The minimum atomic E-state index is -0.458. The monoisotopic (exact) mass is 477 g/mol. The number of hydrogen-bond donors (Lipinski definition) is 2. The van der Waals surface area contributed by atoms with Crippen LogP contribution < -0.4 is 10.6 Å². The maximum absolute atomic E-state index is 12.8. The zero-order valence-electron chi connectivity index (χ0n) is 18.5. The fraction of sp³-hybridized carbons (Fsp3) is 0.269. The van der Waals surface area contributed by atoms with E-state index in [0.29, 0.717) is 27.6 Å². The molecule has 7 heteroatoms. The molecule has 0 bridgehead atoms. The van der Waals surface area contributed by atoms with E-state index in [1.807, 2.05) is 44.2 Å². The zero-order valence-corrected chi connectivity index (χ0v) is 20.1. The molecule has 0 aromatic heterocycles. The number of ketones is 1. The molecule has 4 rings (SSSR count). The van der Waals surface area contributed by atoms with Gasteiger partial charge < -0.3 is 10.6 Å². The van der Waals surface area contributed by atoms with E-state index < -0.39 is 5.92 Å². The molecule has 1 atom stereocenters. The topological polar surface area (TPSA) is 82.0 Å². The third kappa shape index (κ3) is 5.00. The van der Waals surface area contributed by atoms with Gasteiger partial charge >= 0.3 is 0 Å². The first-order valence-corrected chi connectivity index (χ1v) is 12.2. The van der Waals surface area contributed by atoms with Gasteiger partial charge in [0.05, 0.1) is 28.3 Å². The van der Waals surface area contributed by atoms with Crippen LogP contribution in [0.3, 0.4) is 0 Å². The number of carbonyl (C=O) groups is 2. The molecule has 0 saturated carbocycles. The summed E-state index contributed by atoms with van der Waals surface area (Å²) in [5.41, 5.74) is 5.65. The average molecular weight is 478 g/mol. The summed E-state index contributed by atoms with van der Waals surface area (Å²) in [6.07, 6.45) is 1.98. The molecule has 1 amide bonds. The van der Waals surface area contributed by atoms with Crippen molar-refractivity contribution in [3.05, 3.63) is 86.0 Å². The van der Waals surface area contributed by atoms with Crippen molar-refractivity contribution >= 4 is 40.7 Å². The summed E-state index contributed by atoms with van der Waals surface area (Å²) in [5, 5.41) is 17.6. The molecule has 1 heterocycles. The smallest absolute Gasteiger partial charge is 0.234 e. The van der Waals surface area contributed by atoms with Gasteiger partial charge in [-0.25, -0.2) is 0 Å². The molecule has 0 spiro atoms. The lowest BCUT2D eigenvalue weighted by atomic mass is 9.77. The Balaban J connectivity index is 1.61. The largest absolute Gasteiger partial charge is 0.352 e. The molecule has 2 N–H and O–H groups in total. The number of anilines is 1. The van der Waals surface area contributed by atoms with E-state index in [1.54, 1.807) is 12.1 Å². The number of Topliss-reactive ketones (excluding diaryl/α,β-unsaturated/α-hetero) is 1. The summed E-state index contributed by atoms with van der Waals surface area (Å²) in [6, 6.07) is 15.5. The highest BCUT2D eigenvalue weighted by Crippen LogP contribution is 2.44. The van der Waals surface area contributed by atoms with Crippen molar-refractivity contribution in [2.24, 2.45) is 0 Å². The van der Waals surface area contributed by atoms with Gasteiger partial charge in [-0.2, -0.15) is 5.26 Å². The van der Waals surface area contributed by atoms with Crippen LogP contribution in [-0.2, 0) is 9.59 Å². The fourth-order valence-corrected chi connectivity index (χ4v) is 5.21. The summed E-state index contributed by atoms with van der Waals surface area (Å²) in [5.74, 6) is -0.401. The lowest BCUT2D eigenvalue weighted by Crippen LogP contribution is -2.31. The van der Waals surface area contributed by atoms with Gasteiger partial charge in [-0.3, -0.25) is 9.59 Å². The Bertz CT molecular complexity index is 1230. The number of dihydropyridines is 1. The molecular formula is C26H24ClN3O2S. The summed E-state index contributed by atoms with van der Waals surface area (Å²) in [6.45, 7) is 3.93. The molecule has 2 aromatic rings. The van der Waals surface area contributed by atoms with E-state index in [4.69, 9.17) is 11.6 Å². The van der Waals surface area contributed by atoms with E-state index in [1.165, 1.54) is 11.8 Å². The first-order valence-electron chi connectivity index (χ1n) is 10.8. The second kappa shape index (κ2) is 9.86. The van der Waals surface area contributed by atoms with E-state index >= 15 is 0 Å². The van der Waals surface area contributed by atoms with Gasteiger partial charge in [0.25, 0.3) is 0 Å². The standard InChI is InChI=1S/C26H24ClN3O2S/c1-15-6-7-16(2)21(12-15)29-23(32)14-33-26-19(13-28)24(17-8-10-18(27)11-9-17)25-20(30-26)4-3-5-22(25)31/h6-12,24,30H,3-5,14H2,1-2H3,(H,29,32). The minimum absolute atomic E-state index is 0.0631. The van der Waals surface area contributed by atoms with E-state index in [0.717, 1.165) is 40.9 Å². The molecule has 1 unspecified atom stereocenters. The maximum Gasteiger partial charge on any atom is 0.234 e. The van der Waals surface area contributed by atoms with Crippen molar-refractivity contribution in [2.45, 2.75) is 39.0 Å². The van der Waals surface area contributed by atoms with Gasteiger partial charge in [-0.05, 0) is 61.6 Å². The third-order valence-electron chi connectivity index (χ3n) is 5.88. The molecule has 168 valence electrons. The lowest BCUT2D eigenvalue weighted by molar-refractivity contribution is -0.116. The number of thioether (sulfide) groups is 1. The van der Waals surface area contributed by atoms with E-state index in [2.05, 4.69) is 16.7 Å². The third-order valence-corrected chi connectivity index (χ3v) is 7.15. The molecule has 2 aliphatic rings. The van der Waals surface area contributed by atoms with Crippen LogP contribution in [0.1, 0.15) is 41.9 Å². The van der Waals surface area contributed by atoms with Gasteiger partial charge in [-0.15, -0.1) is 0 Å². The number of nitrogens with zero attached hydrogens (tertiary/aromatic N) is 1. The normalized spacial score (nSPS) is 17.9. The number of allylic oxidation sites excluding steroid dienone is 3. The number of rotatable bonds is 5. The van der Waals surface area contributed by atoms with Gasteiger partial charge in [0.15, 0.2) is 5.78 Å². The number of benzene rings is 2. The summed E-state index contributed by atoms with van der Waals surface area (Å²) < 4.78 is 0. The second-order valence-corrected chi connectivity index (χ2v) is 9.71.